The van der Waals surface area contributed by atoms with Gasteiger partial charge in [-0.15, -0.1) is 0 Å². The molecule has 0 nitrogen and oxygen atoms in total. The number of hydrogen-bond acceptors (Lipinski definition) is 0. The van der Waals surface area contributed by atoms with Crippen molar-refractivity contribution in [1.82, 2.24) is 0 Å². The molecule has 0 radical (unpaired) electrons. The molecule has 112 valence electrons. The largest absolute Gasteiger partial charge is 0.0991 e. The van der Waals surface area contributed by atoms with Crippen molar-refractivity contribution in [3.63, 3.8) is 0 Å². The standard InChI is InChI=1S/C17H30.C2H6/c1-8-10-12-15(11-9-2)16(14(3)4)13-17(5,6)7;1-2/h8,10-12,14,16H,1,9,13H2,2-7H3;1-2H3/b12-10-,15-11+;. The monoisotopic (exact) mass is 264 g/mol. The first-order valence-electron chi connectivity index (χ1n) is 7.81. The molecule has 0 aromatic heterocycles. The van der Waals surface area contributed by atoms with Crippen LogP contribution in [-0.4, -0.2) is 0 Å². The summed E-state index contributed by atoms with van der Waals surface area (Å²) >= 11 is 0. The molecule has 0 heterocycles. The molecule has 1 unspecified atom stereocenters. The topological polar surface area (TPSA) is 0 Å². The molecule has 0 aliphatic heterocycles. The summed E-state index contributed by atoms with van der Waals surface area (Å²) in [6, 6.07) is 0. The molecule has 0 aromatic carbocycles. The Kier molecular flexibility index (Phi) is 12.0. The van der Waals surface area contributed by atoms with Gasteiger partial charge in [0, 0.05) is 0 Å². The first-order valence-corrected chi connectivity index (χ1v) is 7.81. The van der Waals surface area contributed by atoms with Gasteiger partial charge in [0.05, 0.1) is 0 Å². The molecular weight excluding hydrogens is 228 g/mol. The first-order chi connectivity index (χ1) is 8.81. The summed E-state index contributed by atoms with van der Waals surface area (Å²) in [5.74, 6) is 1.33. The maximum atomic E-state index is 3.76. The minimum Gasteiger partial charge on any atom is -0.0991 e. The lowest BCUT2D eigenvalue weighted by molar-refractivity contribution is 0.275. The predicted molar refractivity (Wildman–Crippen MR) is 91.5 cm³/mol. The van der Waals surface area contributed by atoms with Crippen LogP contribution < -0.4 is 0 Å². The molecule has 0 spiro atoms. The van der Waals surface area contributed by atoms with E-state index in [1.807, 2.05) is 19.9 Å². The Hall–Kier alpha value is -0.780. The van der Waals surface area contributed by atoms with E-state index in [4.69, 9.17) is 0 Å². The molecule has 0 heteroatoms. The number of rotatable bonds is 6. The van der Waals surface area contributed by atoms with Gasteiger partial charge in [0.1, 0.15) is 0 Å². The summed E-state index contributed by atoms with van der Waals surface area (Å²) in [7, 11) is 0. The molecule has 0 aliphatic rings. The van der Waals surface area contributed by atoms with Crippen molar-refractivity contribution in [2.75, 3.05) is 0 Å². The van der Waals surface area contributed by atoms with Crippen LogP contribution in [0.4, 0.5) is 0 Å². The van der Waals surface area contributed by atoms with E-state index in [0.29, 0.717) is 17.3 Å². The number of allylic oxidation sites excluding steroid dienone is 5. The van der Waals surface area contributed by atoms with Gasteiger partial charge >= 0.3 is 0 Å². The Morgan fingerprint density at radius 1 is 1.16 bits per heavy atom. The fourth-order valence-corrected chi connectivity index (χ4v) is 2.16. The molecule has 0 amide bonds. The quantitative estimate of drug-likeness (QED) is 0.463. The van der Waals surface area contributed by atoms with Crippen LogP contribution in [0.2, 0.25) is 0 Å². The normalized spacial score (nSPS) is 14.3. The highest BCUT2D eigenvalue weighted by Crippen LogP contribution is 2.34. The summed E-state index contributed by atoms with van der Waals surface area (Å²) in [5, 5.41) is 0. The van der Waals surface area contributed by atoms with Gasteiger partial charge in [0.25, 0.3) is 0 Å². The van der Waals surface area contributed by atoms with E-state index in [-0.39, 0.29) is 0 Å². The van der Waals surface area contributed by atoms with E-state index in [1.54, 1.807) is 0 Å². The van der Waals surface area contributed by atoms with Crippen LogP contribution in [0.3, 0.4) is 0 Å². The minimum absolute atomic E-state index is 0.379. The van der Waals surface area contributed by atoms with Gasteiger partial charge in [0.2, 0.25) is 0 Å². The van der Waals surface area contributed by atoms with E-state index >= 15 is 0 Å². The third-order valence-corrected chi connectivity index (χ3v) is 2.93. The average Bonchev–Trinajstić information content (AvgIpc) is 2.33. The first kappa shape index (κ1) is 20.5. The molecule has 0 rings (SSSR count). The summed E-state index contributed by atoms with van der Waals surface area (Å²) in [5.41, 5.74) is 1.85. The Labute approximate surface area is 122 Å². The van der Waals surface area contributed by atoms with Crippen LogP contribution in [0.5, 0.6) is 0 Å². The summed E-state index contributed by atoms with van der Waals surface area (Å²) in [6.07, 6.45) is 10.8. The molecule has 0 N–H and O–H groups in total. The van der Waals surface area contributed by atoms with Gasteiger partial charge in [-0.05, 0) is 35.7 Å². The zero-order valence-corrected chi connectivity index (χ0v) is 14.6. The van der Waals surface area contributed by atoms with Crippen LogP contribution in [0.15, 0.2) is 36.5 Å². The van der Waals surface area contributed by atoms with E-state index in [2.05, 4.69) is 66.3 Å². The Morgan fingerprint density at radius 2 is 1.68 bits per heavy atom. The average molecular weight is 264 g/mol. The zero-order valence-electron chi connectivity index (χ0n) is 14.6. The van der Waals surface area contributed by atoms with Gasteiger partial charge in [-0.3, -0.25) is 0 Å². The van der Waals surface area contributed by atoms with Crippen molar-refractivity contribution >= 4 is 0 Å². The third kappa shape index (κ3) is 10.8. The molecule has 19 heavy (non-hydrogen) atoms. The predicted octanol–water partition coefficient (Wildman–Crippen LogP) is 6.80. The summed E-state index contributed by atoms with van der Waals surface area (Å²) in [4.78, 5) is 0. The van der Waals surface area contributed by atoms with E-state index in [0.717, 1.165) is 6.42 Å². The molecule has 1 atom stereocenters. The number of hydrogen-bond donors (Lipinski definition) is 0. The SMILES string of the molecule is C=C/C=C\C(=C/CC)C(CC(C)(C)C)C(C)C.CC. The van der Waals surface area contributed by atoms with Crippen LogP contribution in [0, 0.1) is 17.3 Å². The van der Waals surface area contributed by atoms with E-state index < -0.39 is 0 Å². The molecule has 0 fully saturated rings. The fraction of sp³-hybridized carbons (Fsp3) is 0.684. The van der Waals surface area contributed by atoms with Crippen molar-refractivity contribution in [2.24, 2.45) is 17.3 Å². The Balaban J connectivity index is 0. The van der Waals surface area contributed by atoms with Gasteiger partial charge in [-0.1, -0.05) is 86.3 Å². The van der Waals surface area contributed by atoms with Gasteiger partial charge in [0.15, 0.2) is 0 Å². The Bertz CT molecular complexity index is 271. The van der Waals surface area contributed by atoms with Gasteiger partial charge < -0.3 is 0 Å². The highest BCUT2D eigenvalue weighted by Gasteiger charge is 2.23. The lowest BCUT2D eigenvalue weighted by atomic mass is 9.75. The van der Waals surface area contributed by atoms with Crippen molar-refractivity contribution < 1.29 is 0 Å². The molecule has 0 saturated carbocycles. The molecule has 0 aromatic rings. The van der Waals surface area contributed by atoms with Gasteiger partial charge in [-0.2, -0.15) is 0 Å². The summed E-state index contributed by atoms with van der Waals surface area (Å²) < 4.78 is 0. The van der Waals surface area contributed by atoms with E-state index in [1.165, 1.54) is 12.0 Å². The zero-order chi connectivity index (χ0) is 15.5. The third-order valence-electron chi connectivity index (χ3n) is 2.93. The van der Waals surface area contributed by atoms with Crippen molar-refractivity contribution in [1.29, 1.82) is 0 Å². The second-order valence-corrected chi connectivity index (χ2v) is 6.32. The maximum Gasteiger partial charge on any atom is -0.0137 e. The maximum absolute atomic E-state index is 3.76. The van der Waals surface area contributed by atoms with E-state index in [9.17, 15) is 0 Å². The second kappa shape index (κ2) is 11.1. The fourth-order valence-electron chi connectivity index (χ4n) is 2.16. The smallest absolute Gasteiger partial charge is 0.0137 e. The van der Waals surface area contributed by atoms with Crippen molar-refractivity contribution in [3.8, 4) is 0 Å². The van der Waals surface area contributed by atoms with Gasteiger partial charge in [-0.25, -0.2) is 0 Å². The van der Waals surface area contributed by atoms with Crippen molar-refractivity contribution in [2.45, 2.75) is 68.2 Å². The molecular formula is C19H36. The minimum atomic E-state index is 0.379. The molecule has 0 aliphatic carbocycles. The van der Waals surface area contributed by atoms with Crippen LogP contribution in [0.1, 0.15) is 68.2 Å². The molecule has 0 saturated heterocycles. The highest BCUT2D eigenvalue weighted by atomic mass is 14.3. The van der Waals surface area contributed by atoms with Crippen LogP contribution >= 0.6 is 0 Å². The van der Waals surface area contributed by atoms with Crippen LogP contribution in [0.25, 0.3) is 0 Å². The summed E-state index contributed by atoms with van der Waals surface area (Å²) in [6.45, 7) is 21.6. The lowest BCUT2D eigenvalue weighted by Gasteiger charge is -2.30. The highest BCUT2D eigenvalue weighted by molar-refractivity contribution is 5.25. The Morgan fingerprint density at radius 3 is 2.00 bits per heavy atom. The van der Waals surface area contributed by atoms with Crippen LogP contribution in [-0.2, 0) is 0 Å². The second-order valence-electron chi connectivity index (χ2n) is 6.32. The van der Waals surface area contributed by atoms with Crippen molar-refractivity contribution in [3.05, 3.63) is 36.5 Å². The lowest BCUT2D eigenvalue weighted by Crippen LogP contribution is -2.19. The molecule has 0 bridgehead atoms.